The lowest BCUT2D eigenvalue weighted by Gasteiger charge is -2.31. The van der Waals surface area contributed by atoms with Crippen LogP contribution in [0.2, 0.25) is 0 Å². The van der Waals surface area contributed by atoms with Gasteiger partial charge in [-0.25, -0.2) is 0 Å². The molecule has 14 heavy (non-hydrogen) atoms. The first-order valence-electron chi connectivity index (χ1n) is 4.74. The molecular formula is C8H17ClN2O2S. The molecule has 6 heteroatoms. The van der Waals surface area contributed by atoms with Crippen molar-refractivity contribution in [2.45, 2.75) is 12.8 Å². The summed E-state index contributed by atoms with van der Waals surface area (Å²) in [6.45, 7) is 2.04. The number of hydrogen-bond acceptors (Lipinski definition) is 3. The van der Waals surface area contributed by atoms with E-state index in [0.29, 0.717) is 19.0 Å². The highest BCUT2D eigenvalue weighted by molar-refractivity contribution is 8.11. The van der Waals surface area contributed by atoms with E-state index < -0.39 is 9.24 Å². The third-order valence-corrected chi connectivity index (χ3v) is 3.95. The van der Waals surface area contributed by atoms with E-state index in [4.69, 9.17) is 10.7 Å². The molecule has 0 amide bonds. The Hall–Kier alpha value is 0.160. The van der Waals surface area contributed by atoms with Crippen molar-refractivity contribution in [2.24, 2.45) is 5.92 Å². The highest BCUT2D eigenvalue weighted by Crippen LogP contribution is 2.21. The molecule has 0 spiro atoms. The molecular weight excluding hydrogens is 224 g/mol. The lowest BCUT2D eigenvalue weighted by Crippen LogP contribution is -2.40. The van der Waals surface area contributed by atoms with Crippen molar-refractivity contribution in [3.63, 3.8) is 0 Å². The van der Waals surface area contributed by atoms with E-state index in [-0.39, 0.29) is 0 Å². The highest BCUT2D eigenvalue weighted by atomic mass is 35.7. The maximum atomic E-state index is 11.1. The Morgan fingerprint density at radius 2 is 2.14 bits per heavy atom. The van der Waals surface area contributed by atoms with Crippen LogP contribution in [0.25, 0.3) is 0 Å². The van der Waals surface area contributed by atoms with Gasteiger partial charge in [0, 0.05) is 30.3 Å². The van der Waals surface area contributed by atoms with Crippen molar-refractivity contribution in [1.82, 2.24) is 9.21 Å². The third kappa shape index (κ3) is 3.73. The Labute approximate surface area is 90.4 Å². The van der Waals surface area contributed by atoms with Crippen LogP contribution in [-0.2, 0) is 9.24 Å². The van der Waals surface area contributed by atoms with Gasteiger partial charge < -0.3 is 4.90 Å². The Balaban J connectivity index is 2.52. The second-order valence-corrected chi connectivity index (χ2v) is 6.58. The normalized spacial score (nSPS) is 25.6. The number of hydrogen-bond donors (Lipinski definition) is 0. The summed E-state index contributed by atoms with van der Waals surface area (Å²) in [6, 6.07) is 0. The maximum Gasteiger partial charge on any atom is 0.299 e. The van der Waals surface area contributed by atoms with Gasteiger partial charge in [-0.15, -0.1) is 0 Å². The van der Waals surface area contributed by atoms with Crippen LogP contribution in [0.5, 0.6) is 0 Å². The molecule has 1 aliphatic rings. The molecule has 1 unspecified atom stereocenters. The average Bonchev–Trinajstić information content (AvgIpc) is 2.01. The fourth-order valence-corrected chi connectivity index (χ4v) is 3.00. The van der Waals surface area contributed by atoms with Crippen LogP contribution in [0.4, 0.5) is 0 Å². The molecule has 1 atom stereocenters. The van der Waals surface area contributed by atoms with E-state index in [9.17, 15) is 8.42 Å². The zero-order valence-corrected chi connectivity index (χ0v) is 10.2. The van der Waals surface area contributed by atoms with Crippen LogP contribution in [0, 0.1) is 5.92 Å². The number of rotatable bonds is 3. The van der Waals surface area contributed by atoms with E-state index in [1.54, 1.807) is 0 Å². The molecule has 1 heterocycles. The molecule has 1 saturated heterocycles. The lowest BCUT2D eigenvalue weighted by atomic mass is 9.99. The van der Waals surface area contributed by atoms with E-state index in [2.05, 4.69) is 4.90 Å². The summed E-state index contributed by atoms with van der Waals surface area (Å²) in [4.78, 5) is 2.08. The number of nitrogens with zero attached hydrogens (tertiary/aromatic N) is 2. The first kappa shape index (κ1) is 12.2. The summed E-state index contributed by atoms with van der Waals surface area (Å²) in [6.07, 6.45) is 1.99. The minimum atomic E-state index is -3.51. The molecule has 4 nitrogen and oxygen atoms in total. The predicted octanol–water partition coefficient (Wildman–Crippen LogP) is 0.744. The van der Waals surface area contributed by atoms with Gasteiger partial charge in [0.15, 0.2) is 0 Å². The Kier molecular flexibility index (Phi) is 4.18. The Morgan fingerprint density at radius 1 is 1.50 bits per heavy atom. The summed E-state index contributed by atoms with van der Waals surface area (Å²) in [5, 5.41) is 0. The second-order valence-electron chi connectivity index (χ2n) is 4.07. The molecule has 1 fully saturated rings. The van der Waals surface area contributed by atoms with Crippen molar-refractivity contribution >= 4 is 19.9 Å². The summed E-state index contributed by atoms with van der Waals surface area (Å²) in [5.41, 5.74) is 0. The lowest BCUT2D eigenvalue weighted by molar-refractivity contribution is 0.220. The van der Waals surface area contributed by atoms with Gasteiger partial charge in [0.05, 0.1) is 0 Å². The second kappa shape index (κ2) is 4.79. The quantitative estimate of drug-likeness (QED) is 0.684. The first-order chi connectivity index (χ1) is 6.39. The molecule has 0 aliphatic carbocycles. The molecule has 1 aliphatic heterocycles. The minimum Gasteiger partial charge on any atom is -0.309 e. The van der Waals surface area contributed by atoms with Gasteiger partial charge in [0.25, 0.3) is 9.24 Å². The maximum absolute atomic E-state index is 11.1. The van der Waals surface area contributed by atoms with Crippen LogP contribution in [0.1, 0.15) is 12.8 Å². The monoisotopic (exact) mass is 240 g/mol. The van der Waals surface area contributed by atoms with Crippen molar-refractivity contribution in [3.05, 3.63) is 0 Å². The van der Waals surface area contributed by atoms with Crippen LogP contribution in [0.15, 0.2) is 0 Å². The van der Waals surface area contributed by atoms with Crippen LogP contribution >= 0.6 is 10.7 Å². The van der Waals surface area contributed by atoms with Gasteiger partial charge >= 0.3 is 0 Å². The SMILES string of the molecule is CN(C)CC1CCCN(S(=O)(=O)Cl)C1. The van der Waals surface area contributed by atoms with Gasteiger partial charge in [-0.05, 0) is 32.9 Å². The molecule has 0 N–H and O–H groups in total. The molecule has 0 bridgehead atoms. The first-order valence-corrected chi connectivity index (χ1v) is 7.00. The van der Waals surface area contributed by atoms with Crippen molar-refractivity contribution < 1.29 is 8.42 Å². The van der Waals surface area contributed by atoms with Crippen LogP contribution < -0.4 is 0 Å². The third-order valence-electron chi connectivity index (χ3n) is 2.41. The van der Waals surface area contributed by atoms with Gasteiger partial charge in [0.1, 0.15) is 0 Å². The molecule has 0 radical (unpaired) electrons. The average molecular weight is 241 g/mol. The Morgan fingerprint density at radius 3 is 2.64 bits per heavy atom. The fourth-order valence-electron chi connectivity index (χ4n) is 1.89. The van der Waals surface area contributed by atoms with Gasteiger partial charge in [-0.3, -0.25) is 0 Å². The molecule has 0 aromatic rings. The fraction of sp³-hybridized carbons (Fsp3) is 1.00. The molecule has 0 aromatic carbocycles. The zero-order valence-electron chi connectivity index (χ0n) is 8.61. The summed E-state index contributed by atoms with van der Waals surface area (Å²) in [7, 11) is 5.78. The minimum absolute atomic E-state index is 0.410. The molecule has 1 rings (SSSR count). The predicted molar refractivity (Wildman–Crippen MR) is 57.6 cm³/mol. The summed E-state index contributed by atoms with van der Waals surface area (Å²) in [5.74, 6) is 0.410. The van der Waals surface area contributed by atoms with Crippen molar-refractivity contribution in [2.75, 3.05) is 33.7 Å². The standard InChI is InChI=1S/C8H17ClN2O2S/c1-10(2)6-8-4-3-5-11(7-8)14(9,12)13/h8H,3-7H2,1-2H3. The highest BCUT2D eigenvalue weighted by Gasteiger charge is 2.27. The number of piperidine rings is 1. The summed E-state index contributed by atoms with van der Waals surface area (Å²) >= 11 is 0. The molecule has 0 aromatic heterocycles. The largest absolute Gasteiger partial charge is 0.309 e. The smallest absolute Gasteiger partial charge is 0.299 e. The van der Waals surface area contributed by atoms with Crippen molar-refractivity contribution in [3.8, 4) is 0 Å². The van der Waals surface area contributed by atoms with E-state index in [0.717, 1.165) is 19.4 Å². The summed E-state index contributed by atoms with van der Waals surface area (Å²) < 4.78 is 23.6. The van der Waals surface area contributed by atoms with E-state index in [1.807, 2.05) is 14.1 Å². The zero-order chi connectivity index (χ0) is 10.8. The molecule has 0 saturated carbocycles. The van der Waals surface area contributed by atoms with Gasteiger partial charge in [0.2, 0.25) is 0 Å². The van der Waals surface area contributed by atoms with Crippen LogP contribution in [0.3, 0.4) is 0 Å². The van der Waals surface area contributed by atoms with E-state index >= 15 is 0 Å². The van der Waals surface area contributed by atoms with Crippen LogP contribution in [-0.4, -0.2) is 51.4 Å². The van der Waals surface area contributed by atoms with E-state index in [1.165, 1.54) is 4.31 Å². The Bertz CT molecular complexity index is 279. The van der Waals surface area contributed by atoms with Gasteiger partial charge in [-0.1, -0.05) is 0 Å². The molecule has 84 valence electrons. The topological polar surface area (TPSA) is 40.6 Å². The van der Waals surface area contributed by atoms with Crippen molar-refractivity contribution in [1.29, 1.82) is 0 Å². The van der Waals surface area contributed by atoms with Gasteiger partial charge in [-0.2, -0.15) is 12.7 Å². The number of halogens is 1.